The fourth-order valence-corrected chi connectivity index (χ4v) is 3.39. The van der Waals surface area contributed by atoms with Crippen LogP contribution in [0.15, 0.2) is 54.6 Å². The number of aromatic nitrogens is 1. The van der Waals surface area contributed by atoms with Crippen LogP contribution in [0.5, 0.6) is 11.6 Å². The Morgan fingerprint density at radius 3 is 2.45 bits per heavy atom. The molecule has 1 aromatic heterocycles. The van der Waals surface area contributed by atoms with Gasteiger partial charge < -0.3 is 14.4 Å². The zero-order chi connectivity index (χ0) is 22.2. The Kier molecular flexibility index (Phi) is 5.14. The number of methoxy groups -OCH3 is 1. The fraction of sp³-hybridized carbons (Fsp3) is 0.190. The number of hydrogen-bond donors (Lipinski definition) is 0. The molecule has 7 nitrogen and oxygen atoms in total. The van der Waals surface area contributed by atoms with Crippen LogP contribution in [0.2, 0.25) is 0 Å². The van der Waals surface area contributed by atoms with Gasteiger partial charge in [0.2, 0.25) is 5.88 Å². The van der Waals surface area contributed by atoms with E-state index in [0.29, 0.717) is 11.4 Å². The van der Waals surface area contributed by atoms with Crippen LogP contribution in [0.3, 0.4) is 0 Å². The summed E-state index contributed by atoms with van der Waals surface area (Å²) in [7, 11) is 1.49. The second-order valence-electron chi connectivity index (χ2n) is 6.75. The Labute approximate surface area is 174 Å². The second kappa shape index (κ2) is 7.78. The van der Waals surface area contributed by atoms with E-state index in [1.54, 1.807) is 6.07 Å². The van der Waals surface area contributed by atoms with E-state index >= 15 is 0 Å². The number of carbonyl (C=O) groups excluding carboxylic acids is 2. The second-order valence-corrected chi connectivity index (χ2v) is 6.75. The number of anilines is 1. The molecular weight excluding hydrogens is 415 g/mol. The molecule has 0 radical (unpaired) electrons. The van der Waals surface area contributed by atoms with Crippen molar-refractivity contribution in [2.45, 2.75) is 12.9 Å². The molecule has 0 spiro atoms. The van der Waals surface area contributed by atoms with Crippen LogP contribution >= 0.6 is 0 Å². The SMILES string of the molecule is COc1cc(CN2CC(=O)N(c3ccc(OC(F)(F)F)cc3)C2=O)c2ccccc2n1. The lowest BCUT2D eigenvalue weighted by Crippen LogP contribution is -2.32. The summed E-state index contributed by atoms with van der Waals surface area (Å²) in [6, 6.07) is 13.0. The summed E-state index contributed by atoms with van der Waals surface area (Å²) < 4.78 is 46.0. The summed E-state index contributed by atoms with van der Waals surface area (Å²) in [6.45, 7) is -0.0334. The Bertz CT molecular complexity index is 1150. The quantitative estimate of drug-likeness (QED) is 0.569. The summed E-state index contributed by atoms with van der Waals surface area (Å²) in [5.74, 6) is -0.550. The molecule has 0 bridgehead atoms. The average Bonchev–Trinajstić information content (AvgIpc) is 3.00. The molecule has 0 unspecified atom stereocenters. The van der Waals surface area contributed by atoms with Gasteiger partial charge in [-0.15, -0.1) is 13.2 Å². The Balaban J connectivity index is 1.57. The van der Waals surface area contributed by atoms with E-state index < -0.39 is 24.1 Å². The van der Waals surface area contributed by atoms with Gasteiger partial charge in [-0.05, 0) is 35.9 Å². The molecule has 2 aromatic carbocycles. The van der Waals surface area contributed by atoms with Crippen LogP contribution in [0.1, 0.15) is 5.56 Å². The third kappa shape index (κ3) is 4.23. The maximum absolute atomic E-state index is 12.9. The number of urea groups is 1. The summed E-state index contributed by atoms with van der Waals surface area (Å²) in [5.41, 5.74) is 1.59. The van der Waals surface area contributed by atoms with Crippen molar-refractivity contribution in [2.24, 2.45) is 0 Å². The van der Waals surface area contributed by atoms with Crippen molar-refractivity contribution in [3.63, 3.8) is 0 Å². The molecule has 0 N–H and O–H groups in total. The largest absolute Gasteiger partial charge is 0.573 e. The molecule has 3 aromatic rings. The number of halogens is 3. The highest BCUT2D eigenvalue weighted by Crippen LogP contribution is 2.29. The number of hydrogen-bond acceptors (Lipinski definition) is 5. The molecule has 2 heterocycles. The van der Waals surface area contributed by atoms with Gasteiger partial charge in [0.15, 0.2) is 0 Å². The van der Waals surface area contributed by atoms with Gasteiger partial charge in [-0.1, -0.05) is 18.2 Å². The molecule has 0 atom stereocenters. The summed E-state index contributed by atoms with van der Waals surface area (Å²) in [5, 5.41) is 0.815. The van der Waals surface area contributed by atoms with Gasteiger partial charge in [-0.2, -0.15) is 0 Å². The third-order valence-electron chi connectivity index (χ3n) is 4.71. The number of rotatable bonds is 5. The minimum atomic E-state index is -4.83. The highest BCUT2D eigenvalue weighted by atomic mass is 19.4. The lowest BCUT2D eigenvalue weighted by Gasteiger charge is -2.19. The maximum atomic E-state index is 12.9. The van der Waals surface area contributed by atoms with E-state index in [1.165, 1.54) is 24.1 Å². The van der Waals surface area contributed by atoms with Gasteiger partial charge in [-0.25, -0.2) is 14.7 Å². The molecule has 1 aliphatic heterocycles. The normalized spacial score (nSPS) is 14.5. The summed E-state index contributed by atoms with van der Waals surface area (Å²) in [6.07, 6.45) is -4.83. The molecule has 0 saturated carbocycles. The summed E-state index contributed by atoms with van der Waals surface area (Å²) >= 11 is 0. The molecule has 3 amide bonds. The number of benzene rings is 2. The van der Waals surface area contributed by atoms with Crippen molar-refractivity contribution in [3.8, 4) is 11.6 Å². The van der Waals surface area contributed by atoms with Crippen molar-refractivity contribution in [3.05, 3.63) is 60.2 Å². The zero-order valence-corrected chi connectivity index (χ0v) is 16.2. The predicted octanol–water partition coefficient (Wildman–Crippen LogP) is 4.11. The zero-order valence-electron chi connectivity index (χ0n) is 16.2. The lowest BCUT2D eigenvalue weighted by molar-refractivity contribution is -0.274. The van der Waals surface area contributed by atoms with E-state index in [-0.39, 0.29) is 18.8 Å². The van der Waals surface area contributed by atoms with Crippen LogP contribution in [-0.4, -0.2) is 41.8 Å². The van der Waals surface area contributed by atoms with Crippen LogP contribution in [-0.2, 0) is 11.3 Å². The van der Waals surface area contributed by atoms with Crippen molar-refractivity contribution < 1.29 is 32.2 Å². The number of amides is 3. The van der Waals surface area contributed by atoms with Crippen molar-refractivity contribution in [2.75, 3.05) is 18.6 Å². The fourth-order valence-electron chi connectivity index (χ4n) is 3.39. The first-order valence-electron chi connectivity index (χ1n) is 9.15. The Morgan fingerprint density at radius 1 is 1.06 bits per heavy atom. The number of alkyl halides is 3. The molecular formula is C21H16F3N3O4. The minimum Gasteiger partial charge on any atom is -0.481 e. The van der Waals surface area contributed by atoms with Crippen molar-refractivity contribution in [1.82, 2.24) is 9.88 Å². The molecule has 1 saturated heterocycles. The van der Waals surface area contributed by atoms with Crippen molar-refractivity contribution in [1.29, 1.82) is 0 Å². The first-order valence-corrected chi connectivity index (χ1v) is 9.15. The van der Waals surface area contributed by atoms with E-state index in [0.717, 1.165) is 28.0 Å². The highest BCUT2D eigenvalue weighted by Gasteiger charge is 2.37. The van der Waals surface area contributed by atoms with E-state index in [2.05, 4.69) is 9.72 Å². The number of fused-ring (bicyclic) bond motifs is 1. The van der Waals surface area contributed by atoms with Gasteiger partial charge >= 0.3 is 12.4 Å². The lowest BCUT2D eigenvalue weighted by atomic mass is 10.1. The van der Waals surface area contributed by atoms with E-state index in [4.69, 9.17) is 4.74 Å². The molecule has 1 aliphatic rings. The molecule has 4 rings (SSSR count). The Hall–Kier alpha value is -3.82. The van der Waals surface area contributed by atoms with E-state index in [1.807, 2.05) is 24.3 Å². The number of imide groups is 1. The third-order valence-corrected chi connectivity index (χ3v) is 4.71. The molecule has 0 aliphatic carbocycles. The number of carbonyl (C=O) groups is 2. The number of pyridine rings is 1. The standard InChI is InChI=1S/C21H16F3N3O4/c1-30-18-10-13(16-4-2-3-5-17(16)25-18)11-26-12-19(28)27(20(26)29)14-6-8-15(9-7-14)31-21(22,23)24/h2-10H,11-12H2,1H3. The van der Waals surface area contributed by atoms with Gasteiger partial charge in [0, 0.05) is 18.0 Å². The number of ether oxygens (including phenoxy) is 2. The molecule has 1 fully saturated rings. The topological polar surface area (TPSA) is 72.0 Å². The van der Waals surface area contributed by atoms with Crippen LogP contribution in [0.4, 0.5) is 23.7 Å². The smallest absolute Gasteiger partial charge is 0.481 e. The predicted molar refractivity (Wildman–Crippen MR) is 105 cm³/mol. The minimum absolute atomic E-state index is 0.135. The summed E-state index contributed by atoms with van der Waals surface area (Å²) in [4.78, 5) is 32.0. The van der Waals surface area contributed by atoms with Crippen LogP contribution < -0.4 is 14.4 Å². The van der Waals surface area contributed by atoms with Gasteiger partial charge in [0.1, 0.15) is 12.3 Å². The van der Waals surface area contributed by atoms with Crippen LogP contribution in [0.25, 0.3) is 10.9 Å². The van der Waals surface area contributed by atoms with Gasteiger partial charge in [-0.3, -0.25) is 4.79 Å². The number of nitrogens with zero attached hydrogens (tertiary/aromatic N) is 3. The number of para-hydroxylation sites is 1. The molecule has 10 heteroatoms. The highest BCUT2D eigenvalue weighted by molar-refractivity contribution is 6.19. The van der Waals surface area contributed by atoms with Gasteiger partial charge in [0.05, 0.1) is 18.3 Å². The first kappa shape index (κ1) is 20.5. The molecule has 31 heavy (non-hydrogen) atoms. The van der Waals surface area contributed by atoms with Gasteiger partial charge in [0.25, 0.3) is 5.91 Å². The first-order chi connectivity index (χ1) is 14.7. The Morgan fingerprint density at radius 2 is 1.77 bits per heavy atom. The van der Waals surface area contributed by atoms with Crippen molar-refractivity contribution >= 4 is 28.5 Å². The maximum Gasteiger partial charge on any atom is 0.573 e. The van der Waals surface area contributed by atoms with E-state index in [9.17, 15) is 22.8 Å². The monoisotopic (exact) mass is 431 g/mol. The molecule has 160 valence electrons. The average molecular weight is 431 g/mol. The van der Waals surface area contributed by atoms with Crippen LogP contribution in [0, 0.1) is 0 Å².